The van der Waals surface area contributed by atoms with Crippen LogP contribution in [-0.4, -0.2) is 54.1 Å². The Morgan fingerprint density at radius 3 is 2.50 bits per heavy atom. The minimum Gasteiger partial charge on any atom is -0.481 e. The molecule has 1 heterocycles. The smallest absolute Gasteiger partial charge is 0.307 e. The van der Waals surface area contributed by atoms with Gasteiger partial charge in [-0.15, -0.1) is 0 Å². The molecule has 3 atom stereocenters. The molecule has 0 radical (unpaired) electrons. The van der Waals surface area contributed by atoms with Crippen LogP contribution in [0.4, 0.5) is 0 Å². The van der Waals surface area contributed by atoms with E-state index in [4.69, 9.17) is 5.11 Å². The van der Waals surface area contributed by atoms with Crippen molar-refractivity contribution in [3.63, 3.8) is 0 Å². The van der Waals surface area contributed by atoms with Gasteiger partial charge in [0.25, 0.3) is 10.2 Å². The molecule has 3 unspecified atom stereocenters. The van der Waals surface area contributed by atoms with Crippen LogP contribution in [0.5, 0.6) is 0 Å². The number of aliphatic hydroxyl groups excluding tert-OH is 1. The van der Waals surface area contributed by atoms with Gasteiger partial charge in [0.1, 0.15) is 0 Å². The second-order valence-electron chi connectivity index (χ2n) is 5.62. The Labute approximate surface area is 119 Å². The molecule has 0 bridgehead atoms. The molecular weight excluding hydrogens is 284 g/mol. The van der Waals surface area contributed by atoms with Crippen molar-refractivity contribution in [2.45, 2.75) is 50.7 Å². The molecule has 0 amide bonds. The fourth-order valence-corrected chi connectivity index (χ4v) is 4.43. The topological polar surface area (TPSA) is 107 Å². The minimum absolute atomic E-state index is 0.00742. The zero-order valence-electron chi connectivity index (χ0n) is 11.4. The zero-order chi connectivity index (χ0) is 14.8. The van der Waals surface area contributed by atoms with E-state index in [-0.39, 0.29) is 6.54 Å². The number of aliphatic hydroxyl groups is 1. The first kappa shape index (κ1) is 15.7. The lowest BCUT2D eigenvalue weighted by molar-refractivity contribution is -0.142. The Kier molecular flexibility index (Phi) is 5.00. The van der Waals surface area contributed by atoms with Gasteiger partial charge >= 0.3 is 5.97 Å². The number of nitrogens with zero attached hydrogens (tertiary/aromatic N) is 1. The Bertz CT molecular complexity index is 453. The largest absolute Gasteiger partial charge is 0.481 e. The van der Waals surface area contributed by atoms with E-state index in [9.17, 15) is 18.3 Å². The minimum atomic E-state index is -3.72. The van der Waals surface area contributed by atoms with E-state index < -0.39 is 34.2 Å². The van der Waals surface area contributed by atoms with Crippen molar-refractivity contribution in [1.29, 1.82) is 0 Å². The van der Waals surface area contributed by atoms with Crippen LogP contribution in [0.2, 0.25) is 0 Å². The number of carboxylic acid groups (broad SMARTS) is 1. The number of carbonyl (C=O) groups is 1. The summed E-state index contributed by atoms with van der Waals surface area (Å²) < 4.78 is 28.3. The number of hydrogen-bond acceptors (Lipinski definition) is 4. The van der Waals surface area contributed by atoms with Crippen LogP contribution < -0.4 is 4.72 Å². The average molecular weight is 306 g/mol. The van der Waals surface area contributed by atoms with E-state index in [1.807, 2.05) is 0 Å². The average Bonchev–Trinajstić information content (AvgIpc) is 2.41. The van der Waals surface area contributed by atoms with Crippen LogP contribution >= 0.6 is 0 Å². The molecule has 0 aromatic carbocycles. The molecule has 8 heteroatoms. The van der Waals surface area contributed by atoms with Gasteiger partial charge in [-0.25, -0.2) is 0 Å². The molecule has 20 heavy (non-hydrogen) atoms. The predicted molar refractivity (Wildman–Crippen MR) is 72.3 cm³/mol. The Morgan fingerprint density at radius 2 is 1.85 bits per heavy atom. The normalized spacial score (nSPS) is 33.0. The quantitative estimate of drug-likeness (QED) is 0.673. The fraction of sp³-hybridized carbons (Fsp3) is 0.917. The highest BCUT2D eigenvalue weighted by atomic mass is 32.2. The molecule has 1 aliphatic carbocycles. The van der Waals surface area contributed by atoms with Crippen molar-refractivity contribution in [2.75, 3.05) is 13.1 Å². The maximum Gasteiger partial charge on any atom is 0.307 e. The third-order valence-corrected chi connectivity index (χ3v) is 5.72. The number of aliphatic carboxylic acids is 1. The van der Waals surface area contributed by atoms with Crippen LogP contribution in [0.25, 0.3) is 0 Å². The standard InChI is InChI=1S/C12H22N2O5S/c15-11-6-2-1-5-10(11)13-20(18,19)14-7-3-4-9(8-14)12(16)17/h9-11,13,15H,1-8H2,(H,16,17). The lowest BCUT2D eigenvalue weighted by atomic mass is 9.93. The summed E-state index contributed by atoms with van der Waals surface area (Å²) in [6, 6.07) is -0.459. The summed E-state index contributed by atoms with van der Waals surface area (Å²) in [5, 5.41) is 18.8. The summed E-state index contributed by atoms with van der Waals surface area (Å²) in [6.45, 7) is 0.343. The SMILES string of the molecule is O=C(O)C1CCCN(S(=O)(=O)NC2CCCCC2O)C1. The van der Waals surface area contributed by atoms with Crippen LogP contribution in [-0.2, 0) is 15.0 Å². The van der Waals surface area contributed by atoms with E-state index in [2.05, 4.69) is 4.72 Å². The first-order valence-corrected chi connectivity index (χ1v) is 8.52. The van der Waals surface area contributed by atoms with Gasteiger partial charge in [-0.05, 0) is 25.7 Å². The summed E-state index contributed by atoms with van der Waals surface area (Å²) >= 11 is 0. The first-order chi connectivity index (χ1) is 9.40. The van der Waals surface area contributed by atoms with Crippen LogP contribution in [0, 0.1) is 5.92 Å². The summed E-state index contributed by atoms with van der Waals surface area (Å²) in [4.78, 5) is 11.0. The van der Waals surface area contributed by atoms with Gasteiger partial charge in [-0.3, -0.25) is 4.79 Å². The lowest BCUT2D eigenvalue weighted by Gasteiger charge is -2.34. The predicted octanol–water partition coefficient (Wildman–Crippen LogP) is -0.0791. The summed E-state index contributed by atoms with van der Waals surface area (Å²) in [5.41, 5.74) is 0. The number of carboxylic acids is 1. The molecule has 2 fully saturated rings. The van der Waals surface area contributed by atoms with Crippen LogP contribution in [0.15, 0.2) is 0 Å². The molecule has 7 nitrogen and oxygen atoms in total. The zero-order valence-corrected chi connectivity index (χ0v) is 12.2. The molecule has 116 valence electrons. The summed E-state index contributed by atoms with van der Waals surface area (Å²) in [7, 11) is -3.72. The van der Waals surface area contributed by atoms with E-state index in [0.29, 0.717) is 32.2 Å². The van der Waals surface area contributed by atoms with Gasteiger partial charge in [0.05, 0.1) is 12.0 Å². The van der Waals surface area contributed by atoms with E-state index >= 15 is 0 Å². The van der Waals surface area contributed by atoms with Gasteiger partial charge in [-0.1, -0.05) is 12.8 Å². The van der Waals surface area contributed by atoms with Crippen molar-refractivity contribution in [1.82, 2.24) is 9.03 Å². The molecular formula is C12H22N2O5S. The highest BCUT2D eigenvalue weighted by Crippen LogP contribution is 2.22. The van der Waals surface area contributed by atoms with Crippen molar-refractivity contribution < 1.29 is 23.4 Å². The molecule has 1 saturated heterocycles. The third-order valence-electron chi connectivity index (χ3n) is 4.10. The van der Waals surface area contributed by atoms with E-state index in [0.717, 1.165) is 12.8 Å². The van der Waals surface area contributed by atoms with Gasteiger partial charge in [-0.2, -0.15) is 17.4 Å². The fourth-order valence-electron chi connectivity index (χ4n) is 2.88. The van der Waals surface area contributed by atoms with Crippen molar-refractivity contribution in [2.24, 2.45) is 5.92 Å². The molecule has 0 spiro atoms. The molecule has 2 aliphatic rings. The molecule has 0 aromatic rings. The first-order valence-electron chi connectivity index (χ1n) is 7.08. The maximum atomic E-state index is 12.3. The third kappa shape index (κ3) is 3.69. The Balaban J connectivity index is 2.00. The van der Waals surface area contributed by atoms with Crippen LogP contribution in [0.1, 0.15) is 38.5 Å². The maximum absolute atomic E-state index is 12.3. The summed E-state index contributed by atoms with van der Waals surface area (Å²) in [5.74, 6) is -1.60. The van der Waals surface area contributed by atoms with Gasteiger partial charge in [0.15, 0.2) is 0 Å². The Hall–Kier alpha value is -0.700. The van der Waals surface area contributed by atoms with Crippen LogP contribution in [0.3, 0.4) is 0 Å². The highest BCUT2D eigenvalue weighted by molar-refractivity contribution is 7.87. The number of nitrogens with one attached hydrogen (secondary N) is 1. The molecule has 0 aromatic heterocycles. The second-order valence-corrected chi connectivity index (χ2v) is 7.32. The van der Waals surface area contributed by atoms with Crippen molar-refractivity contribution in [3.05, 3.63) is 0 Å². The molecule has 2 rings (SSSR count). The van der Waals surface area contributed by atoms with Crippen molar-refractivity contribution >= 4 is 16.2 Å². The lowest BCUT2D eigenvalue weighted by Crippen LogP contribution is -2.53. The molecule has 3 N–H and O–H groups in total. The van der Waals surface area contributed by atoms with Gasteiger partial charge < -0.3 is 10.2 Å². The number of piperidine rings is 1. The molecule has 1 saturated carbocycles. The van der Waals surface area contributed by atoms with E-state index in [1.165, 1.54) is 4.31 Å². The highest BCUT2D eigenvalue weighted by Gasteiger charge is 2.35. The summed E-state index contributed by atoms with van der Waals surface area (Å²) in [6.07, 6.45) is 3.42. The molecule has 1 aliphatic heterocycles. The monoisotopic (exact) mass is 306 g/mol. The van der Waals surface area contributed by atoms with E-state index in [1.54, 1.807) is 0 Å². The van der Waals surface area contributed by atoms with Gasteiger partial charge in [0, 0.05) is 19.1 Å². The second kappa shape index (κ2) is 6.38. The Morgan fingerprint density at radius 1 is 1.15 bits per heavy atom. The van der Waals surface area contributed by atoms with Crippen molar-refractivity contribution in [3.8, 4) is 0 Å². The number of hydrogen-bond donors (Lipinski definition) is 3. The van der Waals surface area contributed by atoms with Gasteiger partial charge in [0.2, 0.25) is 0 Å². The number of rotatable bonds is 4.